The second-order valence-electron chi connectivity index (χ2n) is 3.99. The summed E-state index contributed by atoms with van der Waals surface area (Å²) in [7, 11) is 0. The molecule has 1 aromatic heterocycles. The van der Waals surface area contributed by atoms with E-state index in [2.05, 4.69) is 26.2 Å². The summed E-state index contributed by atoms with van der Waals surface area (Å²) in [6.45, 7) is 1.89. The van der Waals surface area contributed by atoms with Gasteiger partial charge in [0.15, 0.2) is 0 Å². The van der Waals surface area contributed by atoms with Gasteiger partial charge in [0.1, 0.15) is 4.60 Å². The Morgan fingerprint density at radius 2 is 2.21 bits per heavy atom. The highest BCUT2D eigenvalue weighted by Crippen LogP contribution is 2.24. The van der Waals surface area contributed by atoms with Crippen molar-refractivity contribution in [3.8, 4) is 0 Å². The van der Waals surface area contributed by atoms with E-state index in [1.807, 2.05) is 13.0 Å². The van der Waals surface area contributed by atoms with Gasteiger partial charge in [0.2, 0.25) is 0 Å². The van der Waals surface area contributed by atoms with Gasteiger partial charge in [-0.1, -0.05) is 17.7 Å². The van der Waals surface area contributed by atoms with Crippen LogP contribution < -0.4 is 11.1 Å². The molecule has 0 aliphatic heterocycles. The van der Waals surface area contributed by atoms with E-state index in [4.69, 9.17) is 17.3 Å². The number of nitrogens with two attached hydrogens (primary N) is 1. The number of hydrogen-bond donors (Lipinski definition) is 2. The molecule has 0 saturated heterocycles. The average molecular weight is 341 g/mol. The van der Waals surface area contributed by atoms with Crippen LogP contribution >= 0.6 is 27.5 Å². The smallest absolute Gasteiger partial charge is 0.257 e. The van der Waals surface area contributed by atoms with E-state index in [1.165, 1.54) is 0 Å². The quantitative estimate of drug-likeness (QED) is 0.648. The molecule has 0 fully saturated rings. The fourth-order valence-electron chi connectivity index (χ4n) is 1.55. The number of nitrogens with zero attached hydrogens (tertiary/aromatic N) is 1. The van der Waals surface area contributed by atoms with E-state index in [1.54, 1.807) is 24.4 Å². The van der Waals surface area contributed by atoms with Gasteiger partial charge in [-0.2, -0.15) is 0 Å². The molecule has 0 saturated carbocycles. The number of nitrogen functional groups attached to an aromatic ring is 1. The molecule has 0 radical (unpaired) electrons. The molecule has 1 heterocycles. The number of halogens is 2. The first-order chi connectivity index (χ1) is 8.99. The van der Waals surface area contributed by atoms with Crippen molar-refractivity contribution in [3.63, 3.8) is 0 Å². The van der Waals surface area contributed by atoms with Gasteiger partial charge in [0, 0.05) is 0 Å². The third-order valence-electron chi connectivity index (χ3n) is 2.55. The molecule has 98 valence electrons. The Labute approximate surface area is 124 Å². The first-order valence-electron chi connectivity index (χ1n) is 5.46. The molecule has 0 atom stereocenters. The lowest BCUT2D eigenvalue weighted by Gasteiger charge is -2.08. The lowest BCUT2D eigenvalue weighted by molar-refractivity contribution is 0.102. The largest absolute Gasteiger partial charge is 0.398 e. The summed E-state index contributed by atoms with van der Waals surface area (Å²) < 4.78 is 0.743. The predicted octanol–water partition coefficient (Wildman–Crippen LogP) is 3.64. The first kappa shape index (κ1) is 13.8. The normalized spacial score (nSPS) is 10.3. The number of pyridine rings is 1. The molecular weight excluding hydrogens is 330 g/mol. The van der Waals surface area contributed by atoms with E-state index in [0.717, 1.165) is 10.2 Å². The molecule has 6 heteroatoms. The topological polar surface area (TPSA) is 68.0 Å². The van der Waals surface area contributed by atoms with Crippen LogP contribution in [-0.2, 0) is 0 Å². The molecule has 0 unspecified atom stereocenters. The van der Waals surface area contributed by atoms with Crippen molar-refractivity contribution >= 4 is 44.8 Å². The Morgan fingerprint density at radius 1 is 1.47 bits per heavy atom. The summed E-state index contributed by atoms with van der Waals surface area (Å²) in [5.41, 5.74) is 7.90. The summed E-state index contributed by atoms with van der Waals surface area (Å²) >= 11 is 9.30. The highest BCUT2D eigenvalue weighted by Gasteiger charge is 2.12. The van der Waals surface area contributed by atoms with Crippen molar-refractivity contribution in [2.24, 2.45) is 0 Å². The maximum atomic E-state index is 12.1. The Morgan fingerprint density at radius 3 is 2.89 bits per heavy atom. The minimum absolute atomic E-state index is 0.252. The molecular formula is C13H11BrClN3O. The number of benzene rings is 1. The number of hydrogen-bond acceptors (Lipinski definition) is 3. The van der Waals surface area contributed by atoms with Gasteiger partial charge in [0.25, 0.3) is 5.91 Å². The van der Waals surface area contributed by atoms with Gasteiger partial charge in [-0.05, 0) is 46.6 Å². The number of aromatic nitrogens is 1. The number of amides is 1. The monoisotopic (exact) mass is 339 g/mol. The molecule has 3 N–H and O–H groups in total. The van der Waals surface area contributed by atoms with Crippen molar-refractivity contribution in [1.29, 1.82) is 0 Å². The van der Waals surface area contributed by atoms with E-state index in [9.17, 15) is 4.79 Å². The van der Waals surface area contributed by atoms with Crippen LogP contribution in [0, 0.1) is 6.92 Å². The number of aryl methyl sites for hydroxylation is 1. The van der Waals surface area contributed by atoms with Crippen molar-refractivity contribution in [2.75, 3.05) is 11.1 Å². The van der Waals surface area contributed by atoms with E-state index in [-0.39, 0.29) is 10.9 Å². The van der Waals surface area contributed by atoms with E-state index < -0.39 is 0 Å². The van der Waals surface area contributed by atoms with Crippen LogP contribution in [0.1, 0.15) is 15.9 Å². The maximum absolute atomic E-state index is 12.1. The predicted molar refractivity (Wildman–Crippen MR) is 80.5 cm³/mol. The van der Waals surface area contributed by atoms with Crippen molar-refractivity contribution in [1.82, 2.24) is 4.98 Å². The highest BCUT2D eigenvalue weighted by molar-refractivity contribution is 9.10. The number of nitrogens with one attached hydrogen (secondary N) is 1. The zero-order chi connectivity index (χ0) is 14.0. The van der Waals surface area contributed by atoms with E-state index in [0.29, 0.717) is 16.9 Å². The van der Waals surface area contributed by atoms with Gasteiger partial charge >= 0.3 is 0 Å². The zero-order valence-electron chi connectivity index (χ0n) is 10.1. The minimum Gasteiger partial charge on any atom is -0.398 e. The van der Waals surface area contributed by atoms with Crippen LogP contribution in [0.3, 0.4) is 0 Å². The van der Waals surface area contributed by atoms with Crippen molar-refractivity contribution in [2.45, 2.75) is 6.92 Å². The van der Waals surface area contributed by atoms with Crippen LogP contribution in [0.2, 0.25) is 5.02 Å². The molecule has 0 bridgehead atoms. The van der Waals surface area contributed by atoms with Gasteiger partial charge in [0.05, 0.1) is 28.2 Å². The highest BCUT2D eigenvalue weighted by atomic mass is 79.9. The number of carbonyl (C=O) groups is 1. The summed E-state index contributed by atoms with van der Waals surface area (Å²) in [5, 5.41) is 2.98. The first-order valence-corrected chi connectivity index (χ1v) is 6.63. The third-order valence-corrected chi connectivity index (χ3v) is 3.80. The summed E-state index contributed by atoms with van der Waals surface area (Å²) in [4.78, 5) is 16.2. The number of rotatable bonds is 2. The molecule has 2 rings (SSSR count). The fourth-order valence-corrected chi connectivity index (χ4v) is 1.98. The lowest BCUT2D eigenvalue weighted by Crippen LogP contribution is -2.13. The fraction of sp³-hybridized carbons (Fsp3) is 0.0769. The third kappa shape index (κ3) is 3.05. The number of anilines is 2. The summed E-state index contributed by atoms with van der Waals surface area (Å²) in [6, 6.07) is 6.76. The van der Waals surface area contributed by atoms with Crippen LogP contribution in [0.15, 0.2) is 35.1 Å². The Balaban J connectivity index is 2.26. The molecule has 4 nitrogen and oxygen atoms in total. The van der Waals surface area contributed by atoms with Gasteiger partial charge in [-0.3, -0.25) is 4.79 Å². The van der Waals surface area contributed by atoms with Gasteiger partial charge in [-0.15, -0.1) is 0 Å². The molecule has 19 heavy (non-hydrogen) atoms. The van der Waals surface area contributed by atoms with Crippen LogP contribution in [-0.4, -0.2) is 10.9 Å². The van der Waals surface area contributed by atoms with Crippen molar-refractivity contribution in [3.05, 3.63) is 51.2 Å². The lowest BCUT2D eigenvalue weighted by atomic mass is 10.2. The van der Waals surface area contributed by atoms with Crippen LogP contribution in [0.25, 0.3) is 0 Å². The molecule has 2 aromatic rings. The second kappa shape index (κ2) is 5.59. The average Bonchev–Trinajstić information content (AvgIpc) is 2.37. The summed E-state index contributed by atoms with van der Waals surface area (Å²) in [5.74, 6) is -0.319. The second-order valence-corrected chi connectivity index (χ2v) is 5.12. The van der Waals surface area contributed by atoms with Gasteiger partial charge in [-0.25, -0.2) is 4.98 Å². The standard InChI is InChI=1S/C13H11BrClN3O/c1-7-5-8(6-17-12(7)14)18-13(19)9-3-2-4-10(16)11(9)15/h2-6H,16H2,1H3,(H,18,19). The summed E-state index contributed by atoms with van der Waals surface area (Å²) in [6.07, 6.45) is 1.56. The Hall–Kier alpha value is -1.59. The molecule has 1 aromatic carbocycles. The minimum atomic E-state index is -0.319. The molecule has 0 aliphatic rings. The van der Waals surface area contributed by atoms with Crippen molar-refractivity contribution < 1.29 is 4.79 Å². The van der Waals surface area contributed by atoms with Crippen LogP contribution in [0.5, 0.6) is 0 Å². The Kier molecular flexibility index (Phi) is 4.07. The SMILES string of the molecule is Cc1cc(NC(=O)c2cccc(N)c2Cl)cnc1Br. The zero-order valence-corrected chi connectivity index (χ0v) is 12.4. The van der Waals surface area contributed by atoms with E-state index >= 15 is 0 Å². The molecule has 0 aliphatic carbocycles. The molecule has 0 spiro atoms. The van der Waals surface area contributed by atoms with Gasteiger partial charge < -0.3 is 11.1 Å². The molecule has 1 amide bonds. The van der Waals surface area contributed by atoms with Crippen LogP contribution in [0.4, 0.5) is 11.4 Å². The maximum Gasteiger partial charge on any atom is 0.257 e. The number of carbonyl (C=O) groups excluding carboxylic acids is 1. The Bertz CT molecular complexity index is 646.